The topological polar surface area (TPSA) is 61.8 Å². The largest absolute Gasteiger partial charge is 0.460 e. The lowest BCUT2D eigenvalue weighted by Crippen LogP contribution is -2.23. The molecule has 1 heterocycles. The van der Waals surface area contributed by atoms with Crippen LogP contribution in [-0.4, -0.2) is 30.8 Å². The van der Waals surface area contributed by atoms with Gasteiger partial charge < -0.3 is 14.2 Å². The van der Waals surface area contributed by atoms with E-state index >= 15 is 0 Å². The van der Waals surface area contributed by atoms with Crippen LogP contribution in [0.25, 0.3) is 0 Å². The molecule has 1 aliphatic heterocycles. The monoisotopic (exact) mass is 286 g/mol. The number of carbonyl (C=O) groups is 2. The second kappa shape index (κ2) is 5.85. The van der Waals surface area contributed by atoms with Crippen LogP contribution in [-0.2, 0) is 14.3 Å². The summed E-state index contributed by atoms with van der Waals surface area (Å²) in [7, 11) is 0. The van der Waals surface area contributed by atoms with Crippen LogP contribution in [0.4, 0.5) is 8.78 Å². The molecule has 1 fully saturated rings. The van der Waals surface area contributed by atoms with Gasteiger partial charge in [-0.05, 0) is 19.1 Å². The van der Waals surface area contributed by atoms with E-state index in [0.29, 0.717) is 0 Å². The molecule has 2 atom stereocenters. The molecule has 1 aromatic carbocycles. The number of rotatable bonds is 4. The van der Waals surface area contributed by atoms with Crippen LogP contribution in [0.2, 0.25) is 0 Å². The molecule has 0 aromatic heterocycles. The number of ether oxygens (including phenoxy) is 3. The van der Waals surface area contributed by atoms with Crippen LogP contribution in [0.3, 0.4) is 0 Å². The standard InChI is InChI=1S/C13H12F2O5/c1-7-6-10(12(17)18-7)19-11(16)8-4-2-3-5-9(8)20-13(14)15/h2-5,7,10,13H,6H2,1H3. The van der Waals surface area contributed by atoms with Crippen molar-refractivity contribution in [3.05, 3.63) is 29.8 Å². The number of esters is 2. The third-order valence-electron chi connectivity index (χ3n) is 2.70. The number of cyclic esters (lactones) is 1. The van der Waals surface area contributed by atoms with Crippen molar-refractivity contribution in [3.8, 4) is 5.75 Å². The van der Waals surface area contributed by atoms with Crippen molar-refractivity contribution >= 4 is 11.9 Å². The lowest BCUT2D eigenvalue weighted by Gasteiger charge is -2.12. The van der Waals surface area contributed by atoms with Crippen LogP contribution >= 0.6 is 0 Å². The van der Waals surface area contributed by atoms with Gasteiger partial charge in [0.05, 0.1) is 0 Å². The molecule has 0 radical (unpaired) electrons. The average molecular weight is 286 g/mol. The maximum Gasteiger partial charge on any atom is 0.387 e. The minimum absolute atomic E-state index is 0.167. The predicted molar refractivity (Wildman–Crippen MR) is 62.4 cm³/mol. The summed E-state index contributed by atoms with van der Waals surface area (Å²) >= 11 is 0. The molecular weight excluding hydrogens is 274 g/mol. The van der Waals surface area contributed by atoms with Gasteiger partial charge in [0.2, 0.25) is 6.10 Å². The second-order valence-electron chi connectivity index (χ2n) is 4.25. The van der Waals surface area contributed by atoms with E-state index in [1.54, 1.807) is 6.92 Å². The molecule has 2 rings (SSSR count). The Labute approximate surface area is 113 Å². The van der Waals surface area contributed by atoms with E-state index in [9.17, 15) is 18.4 Å². The van der Waals surface area contributed by atoms with E-state index in [2.05, 4.69) is 4.74 Å². The highest BCUT2D eigenvalue weighted by molar-refractivity contribution is 5.94. The Balaban J connectivity index is 2.11. The smallest absolute Gasteiger partial charge is 0.387 e. The zero-order valence-electron chi connectivity index (χ0n) is 10.5. The number of para-hydroxylation sites is 1. The quantitative estimate of drug-likeness (QED) is 0.794. The summed E-state index contributed by atoms with van der Waals surface area (Å²) < 4.78 is 38.5. The first-order valence-corrected chi connectivity index (χ1v) is 5.92. The van der Waals surface area contributed by atoms with Crippen molar-refractivity contribution in [1.29, 1.82) is 0 Å². The van der Waals surface area contributed by atoms with Crippen LogP contribution in [0.5, 0.6) is 5.75 Å². The van der Waals surface area contributed by atoms with Crippen molar-refractivity contribution in [2.45, 2.75) is 32.2 Å². The summed E-state index contributed by atoms with van der Waals surface area (Å²) in [4.78, 5) is 23.3. The highest BCUT2D eigenvalue weighted by atomic mass is 19.3. The molecule has 5 nitrogen and oxygen atoms in total. The van der Waals surface area contributed by atoms with Crippen molar-refractivity contribution in [2.24, 2.45) is 0 Å². The summed E-state index contributed by atoms with van der Waals surface area (Å²) in [5, 5.41) is 0. The van der Waals surface area contributed by atoms with Gasteiger partial charge in [-0.1, -0.05) is 12.1 Å². The van der Waals surface area contributed by atoms with Gasteiger partial charge >= 0.3 is 18.6 Å². The fourth-order valence-corrected chi connectivity index (χ4v) is 1.84. The van der Waals surface area contributed by atoms with Gasteiger partial charge in [0.25, 0.3) is 0 Å². The lowest BCUT2D eigenvalue weighted by atomic mass is 10.2. The molecule has 0 spiro atoms. The fourth-order valence-electron chi connectivity index (χ4n) is 1.84. The van der Waals surface area contributed by atoms with Crippen molar-refractivity contribution in [1.82, 2.24) is 0 Å². The van der Waals surface area contributed by atoms with E-state index in [-0.39, 0.29) is 23.8 Å². The van der Waals surface area contributed by atoms with Crippen molar-refractivity contribution < 1.29 is 32.6 Å². The van der Waals surface area contributed by atoms with Crippen molar-refractivity contribution in [2.75, 3.05) is 0 Å². The Morgan fingerprint density at radius 3 is 2.70 bits per heavy atom. The Morgan fingerprint density at radius 1 is 1.40 bits per heavy atom. The van der Waals surface area contributed by atoms with Crippen molar-refractivity contribution in [3.63, 3.8) is 0 Å². The molecule has 0 amide bonds. The van der Waals surface area contributed by atoms with E-state index < -0.39 is 24.7 Å². The lowest BCUT2D eigenvalue weighted by molar-refractivity contribution is -0.147. The summed E-state index contributed by atoms with van der Waals surface area (Å²) in [5.41, 5.74) is -0.167. The van der Waals surface area contributed by atoms with Crippen LogP contribution < -0.4 is 4.74 Å². The first-order chi connectivity index (χ1) is 9.47. The molecule has 0 bridgehead atoms. The number of halogens is 2. The van der Waals surface area contributed by atoms with Gasteiger partial charge in [-0.2, -0.15) is 8.78 Å². The Kier molecular flexibility index (Phi) is 4.16. The summed E-state index contributed by atoms with van der Waals surface area (Å²) in [6.45, 7) is -1.39. The van der Waals surface area contributed by atoms with Gasteiger partial charge in [-0.25, -0.2) is 9.59 Å². The first kappa shape index (κ1) is 14.2. The molecule has 108 valence electrons. The van der Waals surface area contributed by atoms with Gasteiger partial charge in [-0.15, -0.1) is 0 Å². The molecule has 20 heavy (non-hydrogen) atoms. The van der Waals surface area contributed by atoms with Gasteiger partial charge in [0.15, 0.2) is 0 Å². The van der Waals surface area contributed by atoms with Gasteiger partial charge in [-0.3, -0.25) is 0 Å². The van der Waals surface area contributed by atoms with Gasteiger partial charge in [0.1, 0.15) is 17.4 Å². The minimum atomic E-state index is -3.06. The SMILES string of the molecule is CC1CC(OC(=O)c2ccccc2OC(F)F)C(=O)O1. The number of alkyl halides is 2. The maximum atomic E-state index is 12.2. The molecule has 1 aromatic rings. The number of hydrogen-bond donors (Lipinski definition) is 0. The summed E-state index contributed by atoms with van der Waals surface area (Å²) in [6.07, 6.45) is -1.12. The molecule has 7 heteroatoms. The highest BCUT2D eigenvalue weighted by Gasteiger charge is 2.35. The molecule has 1 saturated heterocycles. The summed E-state index contributed by atoms with van der Waals surface area (Å²) in [6, 6.07) is 5.42. The Hall–Kier alpha value is -2.18. The molecule has 0 N–H and O–H groups in total. The maximum absolute atomic E-state index is 12.2. The molecule has 2 unspecified atom stereocenters. The van der Waals surface area contributed by atoms with Gasteiger partial charge in [0, 0.05) is 6.42 Å². The van der Waals surface area contributed by atoms with Crippen LogP contribution in [0, 0.1) is 0 Å². The fraction of sp³-hybridized carbons (Fsp3) is 0.385. The predicted octanol–water partition coefficient (Wildman–Crippen LogP) is 2.15. The van der Waals surface area contributed by atoms with E-state index in [4.69, 9.17) is 9.47 Å². The third kappa shape index (κ3) is 3.23. The normalized spacial score (nSPS) is 21.7. The zero-order chi connectivity index (χ0) is 14.7. The van der Waals surface area contributed by atoms with Crippen LogP contribution in [0.15, 0.2) is 24.3 Å². The first-order valence-electron chi connectivity index (χ1n) is 5.92. The van der Waals surface area contributed by atoms with E-state index in [1.807, 2.05) is 0 Å². The average Bonchev–Trinajstić information content (AvgIpc) is 2.67. The molecule has 0 aliphatic carbocycles. The highest BCUT2D eigenvalue weighted by Crippen LogP contribution is 2.24. The number of carbonyl (C=O) groups excluding carboxylic acids is 2. The number of hydrogen-bond acceptors (Lipinski definition) is 5. The Morgan fingerprint density at radius 2 is 2.10 bits per heavy atom. The molecule has 1 aliphatic rings. The Bertz CT molecular complexity index is 517. The van der Waals surface area contributed by atoms with Crippen LogP contribution in [0.1, 0.15) is 23.7 Å². The number of benzene rings is 1. The second-order valence-corrected chi connectivity index (χ2v) is 4.25. The third-order valence-corrected chi connectivity index (χ3v) is 2.70. The van der Waals surface area contributed by atoms with E-state index in [1.165, 1.54) is 24.3 Å². The van der Waals surface area contributed by atoms with E-state index in [0.717, 1.165) is 0 Å². The summed E-state index contributed by atoms with van der Waals surface area (Å²) in [5.74, 6) is -1.85. The zero-order valence-corrected chi connectivity index (χ0v) is 10.5. The molecule has 0 saturated carbocycles. The minimum Gasteiger partial charge on any atom is -0.460 e. The molecular formula is C13H12F2O5.